The molecule has 0 aliphatic carbocycles. The number of aromatic nitrogens is 1. The quantitative estimate of drug-likeness (QED) is 0.864. The average Bonchev–Trinajstić information content (AvgIpc) is 3.05. The molecule has 98 valence electrons. The standard InChI is InChI=1S/C12H9NO5S/c1-19-11-6(2-3-8-10(11)17-5-16-8)9-4-7(12(14)15)13-18-9/h2-4H,5H2,1H3,(H,14,15). The van der Waals surface area contributed by atoms with Gasteiger partial charge in [-0.15, -0.1) is 11.8 Å². The molecule has 3 rings (SSSR count). The Morgan fingerprint density at radius 1 is 1.42 bits per heavy atom. The number of thioether (sulfide) groups is 1. The van der Waals surface area contributed by atoms with Crippen LogP contribution in [0, 0.1) is 0 Å². The summed E-state index contributed by atoms with van der Waals surface area (Å²) in [6, 6.07) is 4.95. The number of nitrogens with zero attached hydrogens (tertiary/aromatic N) is 1. The van der Waals surface area contributed by atoms with Crippen molar-refractivity contribution < 1.29 is 23.9 Å². The van der Waals surface area contributed by atoms with Gasteiger partial charge < -0.3 is 19.1 Å². The largest absolute Gasteiger partial charge is 0.476 e. The third-order valence-corrected chi connectivity index (χ3v) is 3.51. The zero-order chi connectivity index (χ0) is 13.4. The summed E-state index contributed by atoms with van der Waals surface area (Å²) in [7, 11) is 0. The van der Waals surface area contributed by atoms with Gasteiger partial charge in [0.05, 0.1) is 4.90 Å². The Morgan fingerprint density at radius 3 is 2.95 bits per heavy atom. The molecule has 6 nitrogen and oxygen atoms in total. The number of carboxylic acid groups (broad SMARTS) is 1. The lowest BCUT2D eigenvalue weighted by atomic mass is 10.1. The minimum atomic E-state index is -1.12. The number of hydrogen-bond acceptors (Lipinski definition) is 6. The van der Waals surface area contributed by atoms with E-state index in [-0.39, 0.29) is 12.5 Å². The lowest BCUT2D eigenvalue weighted by molar-refractivity contribution is 0.0686. The summed E-state index contributed by atoms with van der Waals surface area (Å²) in [4.78, 5) is 11.7. The second-order valence-corrected chi connectivity index (χ2v) is 4.58. The predicted octanol–water partition coefficient (Wildman–Crippen LogP) is 2.49. The van der Waals surface area contributed by atoms with Crippen LogP contribution >= 0.6 is 11.8 Å². The van der Waals surface area contributed by atoms with Gasteiger partial charge in [0, 0.05) is 11.6 Å². The lowest BCUT2D eigenvalue weighted by Crippen LogP contribution is -1.94. The molecular weight excluding hydrogens is 270 g/mol. The molecular formula is C12H9NO5S. The van der Waals surface area contributed by atoms with Crippen molar-refractivity contribution in [1.29, 1.82) is 0 Å². The Hall–Kier alpha value is -2.15. The van der Waals surface area contributed by atoms with Crippen molar-refractivity contribution in [3.05, 3.63) is 23.9 Å². The van der Waals surface area contributed by atoms with Crippen LogP contribution < -0.4 is 9.47 Å². The van der Waals surface area contributed by atoms with E-state index in [9.17, 15) is 4.79 Å². The molecule has 0 spiro atoms. The number of hydrogen-bond donors (Lipinski definition) is 1. The first kappa shape index (κ1) is 11.9. The summed E-state index contributed by atoms with van der Waals surface area (Å²) < 4.78 is 15.8. The number of benzene rings is 1. The van der Waals surface area contributed by atoms with E-state index in [2.05, 4.69) is 5.16 Å². The molecule has 0 radical (unpaired) electrons. The zero-order valence-electron chi connectivity index (χ0n) is 9.87. The van der Waals surface area contributed by atoms with Gasteiger partial charge in [-0.1, -0.05) is 5.16 Å². The van der Waals surface area contributed by atoms with Crippen LogP contribution in [-0.2, 0) is 0 Å². The van der Waals surface area contributed by atoms with Gasteiger partial charge in [-0.2, -0.15) is 0 Å². The Kier molecular flexibility index (Phi) is 2.83. The van der Waals surface area contributed by atoms with Gasteiger partial charge in [0.2, 0.25) is 6.79 Å². The second-order valence-electron chi connectivity index (χ2n) is 3.76. The van der Waals surface area contributed by atoms with Crippen LogP contribution in [0.1, 0.15) is 10.5 Å². The highest BCUT2D eigenvalue weighted by Crippen LogP contribution is 2.45. The number of carbonyl (C=O) groups is 1. The first-order chi connectivity index (χ1) is 9.20. The number of fused-ring (bicyclic) bond motifs is 1. The minimum Gasteiger partial charge on any atom is -0.476 e. The SMILES string of the molecule is CSc1c(-c2cc(C(=O)O)no2)ccc2c1OCO2. The van der Waals surface area contributed by atoms with Crippen LogP contribution in [0.4, 0.5) is 0 Å². The normalized spacial score (nSPS) is 12.7. The first-order valence-corrected chi connectivity index (χ1v) is 6.60. The molecule has 0 saturated heterocycles. The summed E-state index contributed by atoms with van der Waals surface area (Å²) in [6.07, 6.45) is 1.90. The molecule has 0 bridgehead atoms. The molecule has 2 heterocycles. The fourth-order valence-electron chi connectivity index (χ4n) is 1.85. The number of rotatable bonds is 3. The van der Waals surface area contributed by atoms with Crippen molar-refractivity contribution >= 4 is 17.7 Å². The summed E-state index contributed by atoms with van der Waals surface area (Å²) in [5.41, 5.74) is 0.608. The van der Waals surface area contributed by atoms with E-state index in [0.29, 0.717) is 17.3 Å². The van der Waals surface area contributed by atoms with E-state index in [1.807, 2.05) is 6.26 Å². The topological polar surface area (TPSA) is 81.8 Å². The summed E-state index contributed by atoms with van der Waals surface area (Å²) in [6.45, 7) is 0.184. The van der Waals surface area contributed by atoms with Crippen molar-refractivity contribution in [1.82, 2.24) is 5.16 Å². The Morgan fingerprint density at radius 2 is 2.26 bits per heavy atom. The summed E-state index contributed by atoms with van der Waals surface area (Å²) >= 11 is 1.47. The molecule has 1 aromatic carbocycles. The van der Waals surface area contributed by atoms with E-state index in [1.54, 1.807) is 12.1 Å². The zero-order valence-corrected chi connectivity index (χ0v) is 10.7. The van der Waals surface area contributed by atoms with E-state index < -0.39 is 5.97 Å². The highest BCUT2D eigenvalue weighted by Gasteiger charge is 2.23. The highest BCUT2D eigenvalue weighted by atomic mass is 32.2. The maximum atomic E-state index is 10.8. The lowest BCUT2D eigenvalue weighted by Gasteiger charge is -2.07. The van der Waals surface area contributed by atoms with E-state index >= 15 is 0 Å². The monoisotopic (exact) mass is 279 g/mol. The molecule has 7 heteroatoms. The van der Waals surface area contributed by atoms with Crippen molar-refractivity contribution in [2.75, 3.05) is 13.0 Å². The van der Waals surface area contributed by atoms with Crippen LogP contribution in [0.5, 0.6) is 11.5 Å². The summed E-state index contributed by atoms with van der Waals surface area (Å²) in [5, 5.41) is 12.4. The van der Waals surface area contributed by atoms with Crippen LogP contribution in [0.3, 0.4) is 0 Å². The van der Waals surface area contributed by atoms with Gasteiger partial charge in [-0.3, -0.25) is 0 Å². The molecule has 1 aromatic heterocycles. The van der Waals surface area contributed by atoms with Crippen molar-refractivity contribution in [3.8, 4) is 22.8 Å². The van der Waals surface area contributed by atoms with E-state index in [4.69, 9.17) is 19.1 Å². The summed E-state index contributed by atoms with van der Waals surface area (Å²) in [5.74, 6) is 0.589. The molecule has 0 unspecified atom stereocenters. The molecule has 0 atom stereocenters. The van der Waals surface area contributed by atoms with Crippen LogP contribution in [0.2, 0.25) is 0 Å². The van der Waals surface area contributed by atoms with E-state index in [1.165, 1.54) is 17.8 Å². The highest BCUT2D eigenvalue weighted by molar-refractivity contribution is 7.98. The number of aromatic carboxylic acids is 1. The van der Waals surface area contributed by atoms with Gasteiger partial charge in [-0.05, 0) is 18.4 Å². The van der Waals surface area contributed by atoms with Gasteiger partial charge in [-0.25, -0.2) is 4.79 Å². The Balaban J connectivity index is 2.11. The Labute approximate surface area is 112 Å². The first-order valence-electron chi connectivity index (χ1n) is 5.37. The van der Waals surface area contributed by atoms with E-state index in [0.717, 1.165) is 10.5 Å². The van der Waals surface area contributed by atoms with Gasteiger partial charge in [0.1, 0.15) is 0 Å². The fraction of sp³-hybridized carbons (Fsp3) is 0.167. The van der Waals surface area contributed by atoms with Gasteiger partial charge in [0.15, 0.2) is 23.0 Å². The number of carboxylic acids is 1. The maximum Gasteiger partial charge on any atom is 0.358 e. The van der Waals surface area contributed by atoms with Gasteiger partial charge >= 0.3 is 5.97 Å². The molecule has 1 aliphatic rings. The second kappa shape index (κ2) is 4.51. The van der Waals surface area contributed by atoms with Crippen molar-refractivity contribution in [2.45, 2.75) is 4.90 Å². The third kappa shape index (κ3) is 1.91. The average molecular weight is 279 g/mol. The minimum absolute atomic E-state index is 0.125. The molecule has 2 aromatic rings. The van der Waals surface area contributed by atoms with Crippen molar-refractivity contribution in [3.63, 3.8) is 0 Å². The molecule has 1 N–H and O–H groups in total. The Bertz CT molecular complexity index is 652. The van der Waals surface area contributed by atoms with Crippen LogP contribution in [-0.4, -0.2) is 29.3 Å². The molecule has 0 saturated carbocycles. The molecule has 1 aliphatic heterocycles. The maximum absolute atomic E-state index is 10.8. The molecule has 0 fully saturated rings. The fourth-order valence-corrected chi connectivity index (χ4v) is 2.58. The predicted molar refractivity (Wildman–Crippen MR) is 66.8 cm³/mol. The molecule has 0 amide bonds. The number of ether oxygens (including phenoxy) is 2. The van der Waals surface area contributed by atoms with Crippen molar-refractivity contribution in [2.24, 2.45) is 0 Å². The molecule has 19 heavy (non-hydrogen) atoms. The van der Waals surface area contributed by atoms with Crippen LogP contribution in [0.25, 0.3) is 11.3 Å². The van der Waals surface area contributed by atoms with Crippen LogP contribution in [0.15, 0.2) is 27.6 Å². The smallest absolute Gasteiger partial charge is 0.358 e. The van der Waals surface area contributed by atoms with Gasteiger partial charge in [0.25, 0.3) is 0 Å². The third-order valence-electron chi connectivity index (χ3n) is 2.69.